The number of fused-ring (bicyclic) bond motifs is 1. The molecular weight excluding hydrogens is 272 g/mol. The molecule has 0 saturated heterocycles. The van der Waals surface area contributed by atoms with Gasteiger partial charge in [0.05, 0.1) is 6.61 Å². The van der Waals surface area contributed by atoms with Crippen molar-refractivity contribution in [3.05, 3.63) is 23.3 Å². The second kappa shape index (κ2) is 5.79. The van der Waals surface area contributed by atoms with Crippen molar-refractivity contribution in [1.82, 2.24) is 0 Å². The SMILES string of the molecule is CC1=CCC[C@@H]2[C@@](C)(CCC3=CCOC3O)[C@H](C)CC[C@@]12C. The van der Waals surface area contributed by atoms with Gasteiger partial charge in [0.25, 0.3) is 0 Å². The summed E-state index contributed by atoms with van der Waals surface area (Å²) in [5.74, 6) is 1.53. The number of aliphatic hydroxyl groups is 1. The van der Waals surface area contributed by atoms with Crippen molar-refractivity contribution < 1.29 is 9.84 Å². The van der Waals surface area contributed by atoms with Gasteiger partial charge >= 0.3 is 0 Å². The van der Waals surface area contributed by atoms with Crippen molar-refractivity contribution in [1.29, 1.82) is 0 Å². The van der Waals surface area contributed by atoms with Crippen LogP contribution in [0.4, 0.5) is 0 Å². The van der Waals surface area contributed by atoms with Crippen molar-refractivity contribution >= 4 is 0 Å². The van der Waals surface area contributed by atoms with E-state index in [2.05, 4.69) is 39.8 Å². The Labute approximate surface area is 135 Å². The van der Waals surface area contributed by atoms with Crippen LogP contribution in [-0.4, -0.2) is 18.0 Å². The Hall–Kier alpha value is -0.600. The van der Waals surface area contributed by atoms with Gasteiger partial charge in [-0.1, -0.05) is 38.5 Å². The molecule has 2 aliphatic carbocycles. The number of allylic oxidation sites excluding steroid dienone is 2. The molecule has 22 heavy (non-hydrogen) atoms. The van der Waals surface area contributed by atoms with E-state index in [1.165, 1.54) is 32.1 Å². The number of aliphatic hydroxyl groups excluding tert-OH is 1. The molecule has 1 unspecified atom stereocenters. The molecule has 1 N–H and O–H groups in total. The van der Waals surface area contributed by atoms with Gasteiger partial charge in [0.2, 0.25) is 0 Å². The van der Waals surface area contributed by atoms with Crippen LogP contribution in [0.15, 0.2) is 23.3 Å². The van der Waals surface area contributed by atoms with Crippen LogP contribution >= 0.6 is 0 Å². The van der Waals surface area contributed by atoms with Crippen molar-refractivity contribution in [2.24, 2.45) is 22.7 Å². The maximum atomic E-state index is 9.89. The van der Waals surface area contributed by atoms with E-state index in [-0.39, 0.29) is 0 Å². The first-order valence-corrected chi connectivity index (χ1v) is 9.04. The molecule has 1 heterocycles. The number of rotatable bonds is 3. The Bertz CT molecular complexity index is 492. The minimum atomic E-state index is -0.651. The summed E-state index contributed by atoms with van der Waals surface area (Å²) >= 11 is 0. The van der Waals surface area contributed by atoms with Crippen molar-refractivity contribution in [3.8, 4) is 0 Å². The lowest BCUT2D eigenvalue weighted by Crippen LogP contribution is -2.49. The summed E-state index contributed by atoms with van der Waals surface area (Å²) in [5, 5.41) is 9.89. The van der Waals surface area contributed by atoms with E-state index in [1.807, 2.05) is 0 Å². The van der Waals surface area contributed by atoms with Gasteiger partial charge in [0, 0.05) is 0 Å². The second-order valence-corrected chi connectivity index (χ2v) is 8.34. The Morgan fingerprint density at radius 3 is 2.73 bits per heavy atom. The van der Waals surface area contributed by atoms with Crippen molar-refractivity contribution in [2.75, 3.05) is 6.61 Å². The zero-order valence-corrected chi connectivity index (χ0v) is 14.7. The normalized spacial score (nSPS) is 45.2. The highest BCUT2D eigenvalue weighted by Crippen LogP contribution is 2.61. The topological polar surface area (TPSA) is 29.5 Å². The van der Waals surface area contributed by atoms with Crippen LogP contribution in [0.5, 0.6) is 0 Å². The maximum absolute atomic E-state index is 9.89. The molecule has 0 aromatic heterocycles. The first-order chi connectivity index (χ1) is 10.4. The lowest BCUT2D eigenvalue weighted by Gasteiger charge is -2.58. The minimum absolute atomic E-state index is 0.367. The number of hydrogen-bond donors (Lipinski definition) is 1. The van der Waals surface area contributed by atoms with Gasteiger partial charge < -0.3 is 9.84 Å². The lowest BCUT2D eigenvalue weighted by atomic mass is 9.47. The maximum Gasteiger partial charge on any atom is 0.177 e. The summed E-state index contributed by atoms with van der Waals surface area (Å²) in [7, 11) is 0. The van der Waals surface area contributed by atoms with E-state index < -0.39 is 6.29 Å². The summed E-state index contributed by atoms with van der Waals surface area (Å²) in [5.41, 5.74) is 3.47. The smallest absolute Gasteiger partial charge is 0.177 e. The molecule has 2 heteroatoms. The molecule has 1 aliphatic heterocycles. The molecule has 0 aromatic rings. The van der Waals surface area contributed by atoms with Crippen LogP contribution in [0, 0.1) is 22.7 Å². The monoisotopic (exact) mass is 304 g/mol. The molecule has 1 saturated carbocycles. The number of hydrogen-bond acceptors (Lipinski definition) is 2. The zero-order valence-electron chi connectivity index (χ0n) is 14.7. The highest BCUT2D eigenvalue weighted by Gasteiger charge is 2.52. The highest BCUT2D eigenvalue weighted by atomic mass is 16.6. The van der Waals surface area contributed by atoms with Gasteiger partial charge in [-0.2, -0.15) is 0 Å². The van der Waals surface area contributed by atoms with Crippen molar-refractivity contribution in [3.63, 3.8) is 0 Å². The Kier molecular flexibility index (Phi) is 4.28. The molecule has 0 aromatic carbocycles. The summed E-state index contributed by atoms with van der Waals surface area (Å²) in [6, 6.07) is 0. The first kappa shape index (κ1) is 16.3. The first-order valence-electron chi connectivity index (χ1n) is 9.04. The predicted octanol–water partition coefficient (Wildman–Crippen LogP) is 4.84. The third-order valence-corrected chi connectivity index (χ3v) is 7.46. The zero-order chi connectivity index (χ0) is 16.0. The molecule has 1 fully saturated rings. The average molecular weight is 304 g/mol. The van der Waals surface area contributed by atoms with Gasteiger partial charge in [-0.15, -0.1) is 0 Å². The summed E-state index contributed by atoms with van der Waals surface area (Å²) < 4.78 is 5.26. The van der Waals surface area contributed by atoms with Crippen molar-refractivity contribution in [2.45, 2.75) is 72.5 Å². The molecule has 5 atom stereocenters. The molecule has 2 nitrogen and oxygen atoms in total. The van der Waals surface area contributed by atoms with E-state index >= 15 is 0 Å². The highest BCUT2D eigenvalue weighted by molar-refractivity contribution is 5.21. The standard InChI is InChI=1S/C20H32O2/c1-14-6-5-7-17-19(14,3)11-8-15(2)20(17,4)12-9-16-10-13-22-18(16)21/h6,10,15,17-18,21H,5,7-9,11-13H2,1-4H3/t15-,17+,18?,19+,20+/m1/s1. The van der Waals surface area contributed by atoms with Crippen LogP contribution < -0.4 is 0 Å². The fraction of sp³-hybridized carbons (Fsp3) is 0.800. The van der Waals surface area contributed by atoms with Gasteiger partial charge in [-0.05, 0) is 73.7 Å². The van der Waals surface area contributed by atoms with Crippen LogP contribution in [0.3, 0.4) is 0 Å². The Morgan fingerprint density at radius 1 is 1.27 bits per heavy atom. The minimum Gasteiger partial charge on any atom is -0.364 e. The van der Waals surface area contributed by atoms with Gasteiger partial charge in [0.15, 0.2) is 6.29 Å². The number of ether oxygens (including phenoxy) is 1. The van der Waals surface area contributed by atoms with E-state index in [1.54, 1.807) is 5.57 Å². The van der Waals surface area contributed by atoms with Crippen LogP contribution in [0.2, 0.25) is 0 Å². The predicted molar refractivity (Wildman–Crippen MR) is 90.4 cm³/mol. The molecule has 0 spiro atoms. The van der Waals surface area contributed by atoms with Gasteiger partial charge in [0.1, 0.15) is 0 Å². The summed E-state index contributed by atoms with van der Waals surface area (Å²) in [4.78, 5) is 0. The molecule has 0 bridgehead atoms. The van der Waals surface area contributed by atoms with E-state index in [9.17, 15) is 5.11 Å². The quantitative estimate of drug-likeness (QED) is 0.756. The average Bonchev–Trinajstić information content (AvgIpc) is 2.89. The fourth-order valence-corrected chi connectivity index (χ4v) is 5.43. The fourth-order valence-electron chi connectivity index (χ4n) is 5.43. The van der Waals surface area contributed by atoms with Crippen LogP contribution in [0.25, 0.3) is 0 Å². The second-order valence-electron chi connectivity index (χ2n) is 8.34. The van der Waals surface area contributed by atoms with Gasteiger partial charge in [-0.3, -0.25) is 0 Å². The van der Waals surface area contributed by atoms with E-state index in [0.29, 0.717) is 17.4 Å². The lowest BCUT2D eigenvalue weighted by molar-refractivity contribution is -0.0588. The Balaban J connectivity index is 1.81. The Morgan fingerprint density at radius 2 is 2.05 bits per heavy atom. The molecule has 124 valence electrons. The molecular formula is C20H32O2. The van der Waals surface area contributed by atoms with Crippen LogP contribution in [-0.2, 0) is 4.74 Å². The summed E-state index contributed by atoms with van der Waals surface area (Å²) in [6.45, 7) is 10.4. The molecule has 3 rings (SSSR count). The summed E-state index contributed by atoms with van der Waals surface area (Å²) in [6.07, 6.45) is 11.3. The molecule has 3 aliphatic rings. The van der Waals surface area contributed by atoms with E-state index in [0.717, 1.165) is 23.8 Å². The van der Waals surface area contributed by atoms with Crippen LogP contribution in [0.1, 0.15) is 66.2 Å². The third kappa shape index (κ3) is 2.49. The van der Waals surface area contributed by atoms with Gasteiger partial charge in [-0.25, -0.2) is 0 Å². The molecule has 0 amide bonds. The third-order valence-electron chi connectivity index (χ3n) is 7.46. The molecule has 0 radical (unpaired) electrons. The largest absolute Gasteiger partial charge is 0.364 e. The van der Waals surface area contributed by atoms with E-state index in [4.69, 9.17) is 4.74 Å².